The summed E-state index contributed by atoms with van der Waals surface area (Å²) in [6.07, 6.45) is -1.61. The monoisotopic (exact) mass is 424 g/mol. The minimum absolute atomic E-state index is 0.221. The number of nitrogens with one attached hydrogen (secondary N) is 1. The van der Waals surface area contributed by atoms with Crippen molar-refractivity contribution in [2.45, 2.75) is 13.1 Å². The summed E-state index contributed by atoms with van der Waals surface area (Å²) in [4.78, 5) is 16.4. The highest BCUT2D eigenvalue weighted by atomic mass is 79.9. The van der Waals surface area contributed by atoms with Crippen LogP contribution in [0.25, 0.3) is 5.69 Å². The van der Waals surface area contributed by atoms with Crippen molar-refractivity contribution in [1.82, 2.24) is 14.8 Å². The van der Waals surface area contributed by atoms with E-state index < -0.39 is 17.6 Å². The number of hydrogen-bond acceptors (Lipinski definition) is 3. The molecule has 0 unspecified atom stereocenters. The molecule has 1 amide bonds. The van der Waals surface area contributed by atoms with Gasteiger partial charge in [-0.2, -0.15) is 18.3 Å². The number of carbonyl (C=O) groups is 1. The molecule has 0 radical (unpaired) electrons. The molecule has 1 N–H and O–H groups in total. The summed E-state index contributed by atoms with van der Waals surface area (Å²) in [7, 11) is 0. The molecule has 134 valence electrons. The first-order chi connectivity index (χ1) is 12.3. The zero-order chi connectivity index (χ0) is 18.9. The van der Waals surface area contributed by atoms with E-state index in [9.17, 15) is 18.0 Å². The summed E-state index contributed by atoms with van der Waals surface area (Å²) >= 11 is 3.25. The van der Waals surface area contributed by atoms with Gasteiger partial charge in [0.25, 0.3) is 5.91 Å². The topological polar surface area (TPSA) is 59.8 Å². The Balaban J connectivity index is 1.88. The number of nitrogens with zero attached hydrogens (tertiary/aromatic N) is 3. The van der Waals surface area contributed by atoms with Gasteiger partial charge < -0.3 is 5.32 Å². The Bertz CT molecular complexity index is 951. The number of carbonyl (C=O) groups excluding carboxylic acids is 1. The maximum Gasteiger partial charge on any atom is 0.416 e. The van der Waals surface area contributed by atoms with Crippen LogP contribution in [0.5, 0.6) is 0 Å². The second-order valence-corrected chi connectivity index (χ2v) is 6.34. The normalized spacial score (nSPS) is 11.4. The number of hydrogen-bond donors (Lipinski definition) is 1. The first kappa shape index (κ1) is 18.1. The molecule has 0 saturated heterocycles. The van der Waals surface area contributed by atoms with E-state index in [1.54, 1.807) is 19.1 Å². The van der Waals surface area contributed by atoms with Crippen LogP contribution in [-0.4, -0.2) is 20.7 Å². The van der Waals surface area contributed by atoms with Crippen LogP contribution in [0.4, 0.5) is 19.0 Å². The SMILES string of the molecule is Cc1c(C(=O)Nc2ccc(Br)cn2)cnn1-c1cccc(C(F)(F)F)c1. The second-order valence-electron chi connectivity index (χ2n) is 5.42. The predicted octanol–water partition coefficient (Wildman–Crippen LogP) is 4.61. The van der Waals surface area contributed by atoms with Crippen molar-refractivity contribution >= 4 is 27.7 Å². The van der Waals surface area contributed by atoms with Crippen molar-refractivity contribution in [3.8, 4) is 5.69 Å². The molecule has 1 aromatic carbocycles. The van der Waals surface area contributed by atoms with E-state index in [4.69, 9.17) is 0 Å². The summed E-state index contributed by atoms with van der Waals surface area (Å²) in [6.45, 7) is 1.61. The fourth-order valence-electron chi connectivity index (χ4n) is 2.34. The molecule has 3 rings (SSSR count). The Labute approximate surface area is 155 Å². The fourth-order valence-corrected chi connectivity index (χ4v) is 2.57. The van der Waals surface area contributed by atoms with Crippen molar-refractivity contribution in [2.24, 2.45) is 0 Å². The quantitative estimate of drug-likeness (QED) is 0.667. The van der Waals surface area contributed by atoms with Crippen molar-refractivity contribution in [2.75, 3.05) is 5.32 Å². The third kappa shape index (κ3) is 3.77. The standard InChI is InChI=1S/C17H12BrF3N4O/c1-10-14(16(26)24-15-6-5-12(18)8-22-15)9-23-25(10)13-4-2-3-11(7-13)17(19,20)21/h2-9H,1H3,(H,22,24,26). The third-order valence-electron chi connectivity index (χ3n) is 3.64. The van der Waals surface area contributed by atoms with Crippen LogP contribution >= 0.6 is 15.9 Å². The molecular weight excluding hydrogens is 413 g/mol. The first-order valence-corrected chi connectivity index (χ1v) is 8.20. The van der Waals surface area contributed by atoms with Gasteiger partial charge in [0.1, 0.15) is 5.82 Å². The van der Waals surface area contributed by atoms with Crippen molar-refractivity contribution in [3.63, 3.8) is 0 Å². The van der Waals surface area contributed by atoms with Gasteiger partial charge in [-0.15, -0.1) is 0 Å². The fraction of sp³-hybridized carbons (Fsp3) is 0.118. The smallest absolute Gasteiger partial charge is 0.306 e. The zero-order valence-electron chi connectivity index (χ0n) is 13.4. The van der Waals surface area contributed by atoms with Gasteiger partial charge in [0.15, 0.2) is 0 Å². The molecule has 0 spiro atoms. The lowest BCUT2D eigenvalue weighted by Gasteiger charge is -2.10. The number of rotatable bonds is 3. The van der Waals surface area contributed by atoms with Crippen molar-refractivity contribution in [3.05, 3.63) is 70.1 Å². The molecule has 0 aliphatic rings. The van der Waals surface area contributed by atoms with Gasteiger partial charge >= 0.3 is 6.18 Å². The first-order valence-electron chi connectivity index (χ1n) is 7.41. The van der Waals surface area contributed by atoms with Crippen LogP contribution in [0.2, 0.25) is 0 Å². The average Bonchev–Trinajstić information content (AvgIpc) is 2.98. The van der Waals surface area contributed by atoms with Crippen LogP contribution in [0, 0.1) is 6.92 Å². The molecule has 0 bridgehead atoms. The molecular formula is C17H12BrF3N4O. The molecule has 3 aromatic rings. The zero-order valence-corrected chi connectivity index (χ0v) is 15.0. The molecule has 26 heavy (non-hydrogen) atoms. The predicted molar refractivity (Wildman–Crippen MR) is 93.2 cm³/mol. The Morgan fingerprint density at radius 1 is 1.19 bits per heavy atom. The minimum Gasteiger partial charge on any atom is -0.306 e. The maximum absolute atomic E-state index is 12.9. The van der Waals surface area contributed by atoms with Crippen LogP contribution in [-0.2, 0) is 6.18 Å². The van der Waals surface area contributed by atoms with Gasteiger partial charge in [0.2, 0.25) is 0 Å². The summed E-state index contributed by atoms with van der Waals surface area (Å²) < 4.78 is 40.7. The molecule has 0 saturated carbocycles. The third-order valence-corrected chi connectivity index (χ3v) is 4.11. The molecule has 0 aliphatic carbocycles. The van der Waals surface area contributed by atoms with E-state index in [0.717, 1.165) is 16.6 Å². The Morgan fingerprint density at radius 3 is 2.62 bits per heavy atom. The summed E-state index contributed by atoms with van der Waals surface area (Å²) in [5.74, 6) is -0.0973. The molecule has 9 heteroatoms. The van der Waals surface area contributed by atoms with Crippen LogP contribution in [0.3, 0.4) is 0 Å². The van der Waals surface area contributed by atoms with E-state index in [1.807, 2.05) is 0 Å². The lowest BCUT2D eigenvalue weighted by atomic mass is 10.2. The Kier molecular flexibility index (Phi) is 4.82. The number of amides is 1. The number of pyridine rings is 1. The number of benzene rings is 1. The Hall–Kier alpha value is -2.68. The van der Waals surface area contributed by atoms with Gasteiger partial charge in [-0.25, -0.2) is 9.67 Å². The van der Waals surface area contributed by atoms with Crippen molar-refractivity contribution in [1.29, 1.82) is 0 Å². The van der Waals surface area contributed by atoms with Crippen molar-refractivity contribution < 1.29 is 18.0 Å². The number of alkyl halides is 3. The lowest BCUT2D eigenvalue weighted by Crippen LogP contribution is -2.14. The second kappa shape index (κ2) is 6.91. The molecule has 5 nitrogen and oxygen atoms in total. The molecule has 0 atom stereocenters. The number of anilines is 1. The summed E-state index contributed by atoms with van der Waals surface area (Å²) in [5, 5.41) is 6.67. The van der Waals surface area contributed by atoms with Gasteiger partial charge in [-0.3, -0.25) is 4.79 Å². The van der Waals surface area contributed by atoms with Gasteiger partial charge in [0.05, 0.1) is 28.7 Å². The van der Waals surface area contributed by atoms with E-state index >= 15 is 0 Å². The van der Waals surface area contributed by atoms with Gasteiger partial charge in [0, 0.05) is 10.7 Å². The van der Waals surface area contributed by atoms with Crippen LogP contribution < -0.4 is 5.32 Å². The number of aromatic nitrogens is 3. The van der Waals surface area contributed by atoms with Crippen LogP contribution in [0.1, 0.15) is 21.6 Å². The number of halogens is 4. The highest BCUT2D eigenvalue weighted by Gasteiger charge is 2.30. The molecule has 0 aliphatic heterocycles. The van der Waals surface area contributed by atoms with Crippen LogP contribution in [0.15, 0.2) is 53.3 Å². The lowest BCUT2D eigenvalue weighted by molar-refractivity contribution is -0.137. The van der Waals surface area contributed by atoms with E-state index in [1.165, 1.54) is 29.2 Å². The molecule has 0 fully saturated rings. The molecule has 2 heterocycles. The average molecular weight is 425 g/mol. The Morgan fingerprint density at radius 2 is 1.96 bits per heavy atom. The maximum atomic E-state index is 12.9. The highest BCUT2D eigenvalue weighted by Crippen LogP contribution is 2.30. The molecule has 2 aromatic heterocycles. The van der Waals surface area contributed by atoms with E-state index in [-0.39, 0.29) is 11.3 Å². The van der Waals surface area contributed by atoms with Gasteiger partial charge in [-0.05, 0) is 53.2 Å². The van der Waals surface area contributed by atoms with E-state index in [2.05, 4.69) is 31.3 Å². The summed E-state index contributed by atoms with van der Waals surface area (Å²) in [5.41, 5.74) is 0.0965. The minimum atomic E-state index is -4.45. The summed E-state index contributed by atoms with van der Waals surface area (Å²) in [6, 6.07) is 8.10. The highest BCUT2D eigenvalue weighted by molar-refractivity contribution is 9.10. The largest absolute Gasteiger partial charge is 0.416 e. The van der Waals surface area contributed by atoms with Gasteiger partial charge in [-0.1, -0.05) is 6.07 Å². The van der Waals surface area contributed by atoms with E-state index in [0.29, 0.717) is 11.5 Å².